The second-order valence-corrected chi connectivity index (χ2v) is 5.86. The van der Waals surface area contributed by atoms with Crippen molar-refractivity contribution in [2.75, 3.05) is 0 Å². The van der Waals surface area contributed by atoms with Gasteiger partial charge in [0.2, 0.25) is 0 Å². The second-order valence-electron chi connectivity index (χ2n) is 5.86. The van der Waals surface area contributed by atoms with Crippen LogP contribution in [0.15, 0.2) is 30.6 Å². The van der Waals surface area contributed by atoms with E-state index in [9.17, 15) is 0 Å². The summed E-state index contributed by atoms with van der Waals surface area (Å²) >= 11 is 0. The Morgan fingerprint density at radius 3 is 2.45 bits per heavy atom. The van der Waals surface area contributed by atoms with Gasteiger partial charge < -0.3 is 5.73 Å². The van der Waals surface area contributed by atoms with Crippen molar-refractivity contribution < 1.29 is 0 Å². The van der Waals surface area contributed by atoms with Crippen LogP contribution in [0.2, 0.25) is 0 Å². The molecule has 0 bridgehead atoms. The van der Waals surface area contributed by atoms with Crippen LogP contribution in [0.1, 0.15) is 50.7 Å². The van der Waals surface area contributed by atoms with Gasteiger partial charge in [-0.1, -0.05) is 31.2 Å². The Labute approximate surface area is 121 Å². The molecule has 4 heteroatoms. The summed E-state index contributed by atoms with van der Waals surface area (Å²) in [5.41, 5.74) is 8.53. The van der Waals surface area contributed by atoms with Crippen molar-refractivity contribution in [3.8, 4) is 0 Å². The Morgan fingerprint density at radius 1 is 1.25 bits per heavy atom. The second kappa shape index (κ2) is 5.75. The molecule has 0 fully saturated rings. The van der Waals surface area contributed by atoms with E-state index in [2.05, 4.69) is 55.1 Å². The van der Waals surface area contributed by atoms with E-state index in [0.29, 0.717) is 12.5 Å². The summed E-state index contributed by atoms with van der Waals surface area (Å²) in [7, 11) is 0. The van der Waals surface area contributed by atoms with Crippen LogP contribution in [0.5, 0.6) is 0 Å². The predicted octanol–water partition coefficient (Wildman–Crippen LogP) is 2.84. The topological polar surface area (TPSA) is 56.7 Å². The Morgan fingerprint density at radius 2 is 1.90 bits per heavy atom. The maximum atomic E-state index is 6.51. The third-order valence-electron chi connectivity index (χ3n) is 3.68. The lowest BCUT2D eigenvalue weighted by Gasteiger charge is -2.25. The number of aromatic nitrogens is 3. The zero-order valence-electron chi connectivity index (χ0n) is 12.8. The highest BCUT2D eigenvalue weighted by Crippen LogP contribution is 2.23. The number of benzene rings is 1. The first kappa shape index (κ1) is 14.7. The van der Waals surface area contributed by atoms with Crippen molar-refractivity contribution in [1.82, 2.24) is 14.8 Å². The molecule has 0 radical (unpaired) electrons. The smallest absolute Gasteiger partial charge is 0.138 e. The van der Waals surface area contributed by atoms with Crippen molar-refractivity contribution in [3.63, 3.8) is 0 Å². The molecule has 108 valence electrons. The molecule has 0 aliphatic rings. The molecule has 0 aliphatic heterocycles. The molecule has 2 aromatic rings. The molecule has 1 atom stereocenters. The maximum absolute atomic E-state index is 6.51. The number of nitrogens with zero attached hydrogens (tertiary/aromatic N) is 3. The number of hydrogen-bond acceptors (Lipinski definition) is 3. The zero-order chi connectivity index (χ0) is 14.8. The lowest BCUT2D eigenvalue weighted by atomic mass is 9.88. The predicted molar refractivity (Wildman–Crippen MR) is 81.5 cm³/mol. The normalized spacial score (nSPS) is 14.5. The number of nitrogens with two attached hydrogens (primary N) is 1. The van der Waals surface area contributed by atoms with Gasteiger partial charge in [-0.15, -0.1) is 0 Å². The first-order valence-electron chi connectivity index (χ1n) is 7.20. The summed E-state index contributed by atoms with van der Waals surface area (Å²) in [5.74, 6) is 0.935. The molecule has 1 aromatic carbocycles. The van der Waals surface area contributed by atoms with E-state index in [1.165, 1.54) is 5.56 Å². The third kappa shape index (κ3) is 3.07. The molecule has 2 rings (SSSR count). The zero-order valence-corrected chi connectivity index (χ0v) is 12.8. The van der Waals surface area contributed by atoms with Gasteiger partial charge in [-0.25, -0.2) is 9.67 Å². The van der Waals surface area contributed by atoms with Gasteiger partial charge in [0.05, 0.1) is 0 Å². The van der Waals surface area contributed by atoms with Crippen LogP contribution in [0, 0.1) is 0 Å². The van der Waals surface area contributed by atoms with E-state index in [4.69, 9.17) is 5.73 Å². The SMILES string of the molecule is CCc1ccc(C(C)(N)Cc2ncnn2C(C)C)cc1. The molecule has 0 aliphatic carbocycles. The van der Waals surface area contributed by atoms with Gasteiger partial charge in [-0.2, -0.15) is 5.10 Å². The van der Waals surface area contributed by atoms with Gasteiger partial charge in [0.25, 0.3) is 0 Å². The van der Waals surface area contributed by atoms with Gasteiger partial charge in [0.1, 0.15) is 12.2 Å². The quantitative estimate of drug-likeness (QED) is 0.910. The van der Waals surface area contributed by atoms with Crippen molar-refractivity contribution in [1.29, 1.82) is 0 Å². The Kier molecular flexibility index (Phi) is 4.23. The van der Waals surface area contributed by atoms with Crippen LogP contribution in [0.25, 0.3) is 0 Å². The summed E-state index contributed by atoms with van der Waals surface area (Å²) < 4.78 is 1.94. The Bertz CT molecular complexity index is 552. The third-order valence-corrected chi connectivity index (χ3v) is 3.68. The summed E-state index contributed by atoms with van der Waals surface area (Å²) in [6.07, 6.45) is 3.32. The monoisotopic (exact) mass is 272 g/mol. The number of rotatable bonds is 5. The van der Waals surface area contributed by atoms with E-state index >= 15 is 0 Å². The lowest BCUT2D eigenvalue weighted by Crippen LogP contribution is -2.36. The largest absolute Gasteiger partial charge is 0.321 e. The molecular formula is C16H24N4. The van der Waals surface area contributed by atoms with Crippen LogP contribution in [0.4, 0.5) is 0 Å². The minimum Gasteiger partial charge on any atom is -0.321 e. The van der Waals surface area contributed by atoms with Gasteiger partial charge in [-0.05, 0) is 38.3 Å². The number of aryl methyl sites for hydroxylation is 1. The van der Waals surface area contributed by atoms with E-state index in [1.807, 2.05) is 11.6 Å². The van der Waals surface area contributed by atoms with Crippen LogP contribution in [-0.4, -0.2) is 14.8 Å². The average Bonchev–Trinajstić information content (AvgIpc) is 2.86. The van der Waals surface area contributed by atoms with Gasteiger partial charge in [-0.3, -0.25) is 0 Å². The first-order chi connectivity index (χ1) is 9.44. The molecule has 20 heavy (non-hydrogen) atoms. The lowest BCUT2D eigenvalue weighted by molar-refractivity contribution is 0.433. The molecule has 0 saturated carbocycles. The minimum absolute atomic E-state index is 0.297. The summed E-state index contributed by atoms with van der Waals surface area (Å²) in [6, 6.07) is 8.83. The van der Waals surface area contributed by atoms with Gasteiger partial charge in [0.15, 0.2) is 0 Å². The van der Waals surface area contributed by atoms with Gasteiger partial charge in [0, 0.05) is 18.0 Å². The fourth-order valence-electron chi connectivity index (χ4n) is 2.38. The van der Waals surface area contributed by atoms with Crippen LogP contribution in [0.3, 0.4) is 0 Å². The minimum atomic E-state index is -0.439. The van der Waals surface area contributed by atoms with Crippen molar-refractivity contribution in [2.24, 2.45) is 5.73 Å². The maximum Gasteiger partial charge on any atom is 0.138 e. The molecular weight excluding hydrogens is 248 g/mol. The van der Waals surface area contributed by atoms with Crippen LogP contribution >= 0.6 is 0 Å². The summed E-state index contributed by atoms with van der Waals surface area (Å²) in [6.45, 7) is 8.40. The van der Waals surface area contributed by atoms with E-state index in [0.717, 1.165) is 17.8 Å². The molecule has 1 aromatic heterocycles. The molecule has 1 unspecified atom stereocenters. The standard InChI is InChI=1S/C16H24N4/c1-5-13-6-8-14(9-7-13)16(4,17)10-15-18-11-19-20(15)12(2)3/h6-9,11-12H,5,10,17H2,1-4H3. The molecule has 1 heterocycles. The highest BCUT2D eigenvalue weighted by Gasteiger charge is 2.24. The molecule has 0 saturated heterocycles. The Hall–Kier alpha value is -1.68. The van der Waals surface area contributed by atoms with E-state index in [1.54, 1.807) is 6.33 Å². The number of hydrogen-bond donors (Lipinski definition) is 1. The molecule has 0 spiro atoms. The Balaban J connectivity index is 2.23. The van der Waals surface area contributed by atoms with E-state index < -0.39 is 5.54 Å². The van der Waals surface area contributed by atoms with Crippen LogP contribution in [-0.2, 0) is 18.4 Å². The fraction of sp³-hybridized carbons (Fsp3) is 0.500. The molecule has 4 nitrogen and oxygen atoms in total. The van der Waals surface area contributed by atoms with Crippen molar-refractivity contribution in [2.45, 2.75) is 52.1 Å². The molecule has 0 amide bonds. The van der Waals surface area contributed by atoms with Crippen molar-refractivity contribution in [3.05, 3.63) is 47.5 Å². The fourth-order valence-corrected chi connectivity index (χ4v) is 2.38. The van der Waals surface area contributed by atoms with Gasteiger partial charge >= 0.3 is 0 Å². The highest BCUT2D eigenvalue weighted by atomic mass is 15.3. The van der Waals surface area contributed by atoms with Crippen LogP contribution < -0.4 is 5.73 Å². The summed E-state index contributed by atoms with van der Waals surface area (Å²) in [4.78, 5) is 4.35. The molecule has 2 N–H and O–H groups in total. The van der Waals surface area contributed by atoms with E-state index in [-0.39, 0.29) is 0 Å². The average molecular weight is 272 g/mol. The van der Waals surface area contributed by atoms with Crippen molar-refractivity contribution >= 4 is 0 Å². The summed E-state index contributed by atoms with van der Waals surface area (Å²) in [5, 5.41) is 4.27. The first-order valence-corrected chi connectivity index (χ1v) is 7.20. The highest BCUT2D eigenvalue weighted by molar-refractivity contribution is 5.28.